The van der Waals surface area contributed by atoms with Gasteiger partial charge in [0.1, 0.15) is 5.82 Å². The van der Waals surface area contributed by atoms with Crippen LogP contribution in [0.2, 0.25) is 0 Å². The fourth-order valence-electron chi connectivity index (χ4n) is 0.927. The molecule has 0 aliphatic rings. The molecule has 1 amide bonds. The number of nitrogens with zero attached hydrogens (tertiary/aromatic N) is 2. The van der Waals surface area contributed by atoms with E-state index in [2.05, 4.69) is 27.8 Å². The van der Waals surface area contributed by atoms with E-state index >= 15 is 0 Å². The molecule has 0 aromatic carbocycles. The zero-order chi connectivity index (χ0) is 10.4. The van der Waals surface area contributed by atoms with Gasteiger partial charge < -0.3 is 10.6 Å². The van der Waals surface area contributed by atoms with Crippen molar-refractivity contribution >= 4 is 17.5 Å². The van der Waals surface area contributed by atoms with Gasteiger partial charge in [0.05, 0.1) is 0 Å². The predicted molar refractivity (Wildman–Crippen MR) is 55.1 cm³/mol. The van der Waals surface area contributed by atoms with Crippen LogP contribution in [0, 0.1) is 0 Å². The number of carbonyl (C=O) groups is 1. The molecular formula is C9H14N4O. The van der Waals surface area contributed by atoms with Gasteiger partial charge in [0.25, 0.3) is 0 Å². The van der Waals surface area contributed by atoms with E-state index in [0.717, 1.165) is 18.8 Å². The SMILES string of the molecule is CCCNc1ccc(NC(C)=O)nn1. The second kappa shape index (κ2) is 5.16. The minimum atomic E-state index is -0.145. The number of carbonyl (C=O) groups excluding carboxylic acids is 1. The van der Waals surface area contributed by atoms with E-state index in [-0.39, 0.29) is 5.91 Å². The molecule has 1 aromatic rings. The molecule has 1 rings (SSSR count). The third-order valence-electron chi connectivity index (χ3n) is 1.52. The molecule has 0 aliphatic carbocycles. The maximum absolute atomic E-state index is 10.7. The molecule has 0 saturated carbocycles. The Bertz CT molecular complexity index is 296. The number of amides is 1. The largest absolute Gasteiger partial charge is 0.369 e. The van der Waals surface area contributed by atoms with E-state index in [1.165, 1.54) is 6.92 Å². The van der Waals surface area contributed by atoms with E-state index in [9.17, 15) is 4.79 Å². The fourth-order valence-corrected chi connectivity index (χ4v) is 0.927. The number of hydrogen-bond acceptors (Lipinski definition) is 4. The molecule has 0 aliphatic heterocycles. The van der Waals surface area contributed by atoms with Gasteiger partial charge in [0, 0.05) is 13.5 Å². The van der Waals surface area contributed by atoms with Gasteiger partial charge in [-0.15, -0.1) is 10.2 Å². The molecule has 5 nitrogen and oxygen atoms in total. The summed E-state index contributed by atoms with van der Waals surface area (Å²) < 4.78 is 0. The van der Waals surface area contributed by atoms with Gasteiger partial charge in [-0.05, 0) is 18.6 Å². The van der Waals surface area contributed by atoms with Gasteiger partial charge in [-0.3, -0.25) is 4.79 Å². The van der Waals surface area contributed by atoms with Crippen LogP contribution in [-0.4, -0.2) is 22.6 Å². The van der Waals surface area contributed by atoms with Crippen LogP contribution in [-0.2, 0) is 4.79 Å². The molecule has 14 heavy (non-hydrogen) atoms. The average molecular weight is 194 g/mol. The number of nitrogens with one attached hydrogen (secondary N) is 2. The summed E-state index contributed by atoms with van der Waals surface area (Å²) in [5.74, 6) is 1.05. The smallest absolute Gasteiger partial charge is 0.222 e. The van der Waals surface area contributed by atoms with Crippen LogP contribution in [0.25, 0.3) is 0 Å². The standard InChI is InChI=1S/C9H14N4O/c1-3-6-10-8-4-5-9(13-12-8)11-7(2)14/h4-5H,3,6H2,1-2H3,(H,10,12)(H,11,13,14). The molecule has 0 saturated heterocycles. The first-order valence-corrected chi connectivity index (χ1v) is 4.57. The zero-order valence-corrected chi connectivity index (χ0v) is 8.37. The number of aromatic nitrogens is 2. The molecular weight excluding hydrogens is 180 g/mol. The molecule has 1 heterocycles. The van der Waals surface area contributed by atoms with Gasteiger partial charge in [0.2, 0.25) is 5.91 Å². The van der Waals surface area contributed by atoms with Gasteiger partial charge in [0.15, 0.2) is 5.82 Å². The summed E-state index contributed by atoms with van der Waals surface area (Å²) in [6, 6.07) is 3.50. The quantitative estimate of drug-likeness (QED) is 0.757. The first-order valence-electron chi connectivity index (χ1n) is 4.57. The van der Waals surface area contributed by atoms with Gasteiger partial charge in [-0.2, -0.15) is 0 Å². The summed E-state index contributed by atoms with van der Waals surface area (Å²) in [4.78, 5) is 10.7. The van der Waals surface area contributed by atoms with Crippen molar-refractivity contribution in [1.29, 1.82) is 0 Å². The van der Waals surface area contributed by atoms with Crippen LogP contribution in [0.15, 0.2) is 12.1 Å². The highest BCUT2D eigenvalue weighted by molar-refractivity contribution is 5.87. The van der Waals surface area contributed by atoms with Crippen molar-refractivity contribution in [2.45, 2.75) is 20.3 Å². The third kappa shape index (κ3) is 3.38. The molecule has 0 unspecified atom stereocenters. The number of hydrogen-bond donors (Lipinski definition) is 2. The molecule has 0 spiro atoms. The van der Waals surface area contributed by atoms with Crippen molar-refractivity contribution in [3.05, 3.63) is 12.1 Å². The van der Waals surface area contributed by atoms with Crippen molar-refractivity contribution in [2.24, 2.45) is 0 Å². The Morgan fingerprint density at radius 1 is 1.36 bits per heavy atom. The highest BCUT2D eigenvalue weighted by Crippen LogP contribution is 2.05. The van der Waals surface area contributed by atoms with E-state index in [0.29, 0.717) is 5.82 Å². The van der Waals surface area contributed by atoms with Crippen LogP contribution in [0.3, 0.4) is 0 Å². The Labute approximate surface area is 82.9 Å². The van der Waals surface area contributed by atoms with Crippen molar-refractivity contribution < 1.29 is 4.79 Å². The normalized spacial score (nSPS) is 9.57. The van der Waals surface area contributed by atoms with Crippen LogP contribution in [0.5, 0.6) is 0 Å². The lowest BCUT2D eigenvalue weighted by atomic mass is 10.4. The monoisotopic (exact) mass is 194 g/mol. The lowest BCUT2D eigenvalue weighted by Gasteiger charge is -2.03. The zero-order valence-electron chi connectivity index (χ0n) is 8.37. The summed E-state index contributed by atoms with van der Waals surface area (Å²) >= 11 is 0. The highest BCUT2D eigenvalue weighted by atomic mass is 16.1. The fraction of sp³-hybridized carbons (Fsp3) is 0.444. The van der Waals surface area contributed by atoms with Gasteiger partial charge in [-0.1, -0.05) is 6.92 Å². The number of rotatable bonds is 4. The minimum absolute atomic E-state index is 0.145. The Morgan fingerprint density at radius 2 is 2.00 bits per heavy atom. The second-order valence-electron chi connectivity index (χ2n) is 2.91. The maximum Gasteiger partial charge on any atom is 0.222 e. The highest BCUT2D eigenvalue weighted by Gasteiger charge is 1.97. The summed E-state index contributed by atoms with van der Waals surface area (Å²) in [7, 11) is 0. The van der Waals surface area contributed by atoms with Crippen LogP contribution in [0.1, 0.15) is 20.3 Å². The Balaban J connectivity index is 2.54. The van der Waals surface area contributed by atoms with Gasteiger partial charge >= 0.3 is 0 Å². The molecule has 0 fully saturated rings. The summed E-state index contributed by atoms with van der Waals surface area (Å²) in [6.45, 7) is 4.38. The number of anilines is 2. The summed E-state index contributed by atoms with van der Waals surface area (Å²) in [6.07, 6.45) is 1.04. The molecule has 2 N–H and O–H groups in total. The lowest BCUT2D eigenvalue weighted by Crippen LogP contribution is -2.09. The van der Waals surface area contributed by atoms with Gasteiger partial charge in [-0.25, -0.2) is 0 Å². The van der Waals surface area contributed by atoms with Crippen molar-refractivity contribution in [1.82, 2.24) is 10.2 Å². The van der Waals surface area contributed by atoms with E-state index in [4.69, 9.17) is 0 Å². The predicted octanol–water partition coefficient (Wildman–Crippen LogP) is 1.26. The van der Waals surface area contributed by atoms with Crippen molar-refractivity contribution in [3.8, 4) is 0 Å². The first-order chi connectivity index (χ1) is 6.72. The lowest BCUT2D eigenvalue weighted by molar-refractivity contribution is -0.114. The first kappa shape index (κ1) is 10.4. The molecule has 0 atom stereocenters. The van der Waals surface area contributed by atoms with Crippen molar-refractivity contribution in [3.63, 3.8) is 0 Å². The van der Waals surface area contributed by atoms with E-state index < -0.39 is 0 Å². The van der Waals surface area contributed by atoms with E-state index in [1.807, 2.05) is 0 Å². The van der Waals surface area contributed by atoms with Crippen molar-refractivity contribution in [2.75, 3.05) is 17.2 Å². The summed E-state index contributed by atoms with van der Waals surface area (Å²) in [5.41, 5.74) is 0. The van der Waals surface area contributed by atoms with Crippen LogP contribution >= 0.6 is 0 Å². The Hall–Kier alpha value is -1.65. The molecule has 5 heteroatoms. The average Bonchev–Trinajstić information content (AvgIpc) is 2.16. The molecule has 0 bridgehead atoms. The maximum atomic E-state index is 10.7. The Morgan fingerprint density at radius 3 is 2.50 bits per heavy atom. The minimum Gasteiger partial charge on any atom is -0.369 e. The Kier molecular flexibility index (Phi) is 3.84. The van der Waals surface area contributed by atoms with Crippen LogP contribution in [0.4, 0.5) is 11.6 Å². The topological polar surface area (TPSA) is 66.9 Å². The third-order valence-corrected chi connectivity index (χ3v) is 1.52. The molecule has 76 valence electrons. The molecule has 1 aromatic heterocycles. The summed E-state index contributed by atoms with van der Waals surface area (Å²) in [5, 5.41) is 13.4. The van der Waals surface area contributed by atoms with Crippen LogP contribution < -0.4 is 10.6 Å². The molecule has 0 radical (unpaired) electrons. The second-order valence-corrected chi connectivity index (χ2v) is 2.91. The van der Waals surface area contributed by atoms with E-state index in [1.54, 1.807) is 12.1 Å².